The molecule has 1 atom stereocenters. The molecule has 0 amide bonds. The van der Waals surface area contributed by atoms with Gasteiger partial charge in [0, 0.05) is 11.6 Å². The Hall–Kier alpha value is -0.570. The molecule has 1 rings (SSSR count). The fourth-order valence-electron chi connectivity index (χ4n) is 2.81. The van der Waals surface area contributed by atoms with Gasteiger partial charge in [-0.2, -0.15) is 0 Å². The average molecular weight is 298 g/mol. The van der Waals surface area contributed by atoms with E-state index in [1.165, 1.54) is 0 Å². The standard InChI is InChI=1S/C17H28ClNO/c1-5-13-19-16(14-11-9-10-12-15(14)18)17(6-2,7-3)20-8-4/h9-12,16,19H,5-8,13H2,1-4H3. The van der Waals surface area contributed by atoms with Crippen molar-refractivity contribution in [3.8, 4) is 0 Å². The second-order valence-corrected chi connectivity index (χ2v) is 5.52. The highest BCUT2D eigenvalue weighted by Gasteiger charge is 2.38. The lowest BCUT2D eigenvalue weighted by atomic mass is 9.83. The molecule has 1 aromatic rings. The summed E-state index contributed by atoms with van der Waals surface area (Å²) < 4.78 is 6.18. The monoisotopic (exact) mass is 297 g/mol. The predicted octanol–water partition coefficient (Wildman–Crippen LogP) is 4.98. The molecule has 1 unspecified atom stereocenters. The molecule has 0 saturated heterocycles. The molecule has 0 aliphatic heterocycles. The highest BCUT2D eigenvalue weighted by molar-refractivity contribution is 6.31. The van der Waals surface area contributed by atoms with Crippen LogP contribution in [0.3, 0.4) is 0 Å². The first-order valence-electron chi connectivity index (χ1n) is 7.76. The Morgan fingerprint density at radius 1 is 1.15 bits per heavy atom. The lowest BCUT2D eigenvalue weighted by Crippen LogP contribution is -2.46. The molecular formula is C17H28ClNO. The molecule has 3 heteroatoms. The third kappa shape index (κ3) is 3.97. The van der Waals surface area contributed by atoms with Crippen molar-refractivity contribution in [3.05, 3.63) is 34.9 Å². The van der Waals surface area contributed by atoms with Crippen LogP contribution in [-0.4, -0.2) is 18.8 Å². The van der Waals surface area contributed by atoms with Crippen LogP contribution >= 0.6 is 11.6 Å². The molecule has 0 radical (unpaired) electrons. The fraction of sp³-hybridized carbons (Fsp3) is 0.647. The van der Waals surface area contributed by atoms with E-state index in [1.54, 1.807) is 0 Å². The Balaban J connectivity index is 3.18. The van der Waals surface area contributed by atoms with Crippen LogP contribution < -0.4 is 5.32 Å². The van der Waals surface area contributed by atoms with Crippen molar-refractivity contribution in [1.29, 1.82) is 0 Å². The van der Waals surface area contributed by atoms with Gasteiger partial charge in [-0.3, -0.25) is 0 Å². The van der Waals surface area contributed by atoms with Crippen molar-refractivity contribution in [2.75, 3.05) is 13.2 Å². The van der Waals surface area contributed by atoms with Crippen LogP contribution in [0.5, 0.6) is 0 Å². The number of halogens is 1. The number of benzene rings is 1. The molecule has 0 heterocycles. The second-order valence-electron chi connectivity index (χ2n) is 5.11. The number of rotatable bonds is 9. The molecule has 0 bridgehead atoms. The van der Waals surface area contributed by atoms with Crippen LogP contribution in [0.1, 0.15) is 58.6 Å². The Bertz CT molecular complexity index is 390. The van der Waals surface area contributed by atoms with E-state index in [0.29, 0.717) is 0 Å². The zero-order chi connectivity index (χ0) is 15.0. The van der Waals surface area contributed by atoms with Crippen molar-refractivity contribution < 1.29 is 4.74 Å². The molecule has 0 spiro atoms. The van der Waals surface area contributed by atoms with Crippen molar-refractivity contribution >= 4 is 11.6 Å². The molecule has 114 valence electrons. The minimum atomic E-state index is -0.199. The predicted molar refractivity (Wildman–Crippen MR) is 87.4 cm³/mol. The normalized spacial score (nSPS) is 13.4. The SMILES string of the molecule is CCCNC(c1ccccc1Cl)C(CC)(CC)OCC. The maximum atomic E-state index is 6.42. The number of nitrogens with one attached hydrogen (secondary N) is 1. The largest absolute Gasteiger partial charge is 0.373 e. The van der Waals surface area contributed by atoms with E-state index in [1.807, 2.05) is 18.2 Å². The Morgan fingerprint density at radius 3 is 2.30 bits per heavy atom. The summed E-state index contributed by atoms with van der Waals surface area (Å²) in [6.45, 7) is 10.3. The molecule has 0 aliphatic rings. The fourth-order valence-corrected chi connectivity index (χ4v) is 3.06. The maximum absolute atomic E-state index is 6.42. The van der Waals surface area contributed by atoms with Crippen LogP contribution in [0, 0.1) is 0 Å². The van der Waals surface area contributed by atoms with Gasteiger partial charge in [0.05, 0.1) is 11.6 Å². The summed E-state index contributed by atoms with van der Waals surface area (Å²) in [6.07, 6.45) is 3.02. The smallest absolute Gasteiger partial charge is 0.0871 e. The molecule has 1 aromatic carbocycles. The Labute approximate surface area is 128 Å². The number of hydrogen-bond donors (Lipinski definition) is 1. The molecule has 2 nitrogen and oxygen atoms in total. The minimum absolute atomic E-state index is 0.131. The summed E-state index contributed by atoms with van der Waals surface area (Å²) in [4.78, 5) is 0. The van der Waals surface area contributed by atoms with Gasteiger partial charge in [0.25, 0.3) is 0 Å². The third-order valence-corrected chi connectivity index (χ3v) is 4.31. The molecular weight excluding hydrogens is 270 g/mol. The van der Waals surface area contributed by atoms with E-state index < -0.39 is 0 Å². The Kier molecular flexibility index (Phi) is 7.57. The third-order valence-electron chi connectivity index (χ3n) is 3.97. The van der Waals surface area contributed by atoms with E-state index in [-0.39, 0.29) is 11.6 Å². The summed E-state index contributed by atoms with van der Waals surface area (Å²) in [5, 5.41) is 4.46. The summed E-state index contributed by atoms with van der Waals surface area (Å²) >= 11 is 6.42. The number of hydrogen-bond acceptors (Lipinski definition) is 2. The quantitative estimate of drug-likeness (QED) is 0.694. The zero-order valence-corrected chi connectivity index (χ0v) is 14.0. The van der Waals surface area contributed by atoms with Gasteiger partial charge in [0.2, 0.25) is 0 Å². The molecule has 20 heavy (non-hydrogen) atoms. The van der Waals surface area contributed by atoms with Gasteiger partial charge in [-0.05, 0) is 44.4 Å². The zero-order valence-electron chi connectivity index (χ0n) is 13.2. The van der Waals surface area contributed by atoms with Crippen molar-refractivity contribution in [3.63, 3.8) is 0 Å². The van der Waals surface area contributed by atoms with Gasteiger partial charge < -0.3 is 10.1 Å². The van der Waals surface area contributed by atoms with Gasteiger partial charge in [-0.1, -0.05) is 50.6 Å². The van der Waals surface area contributed by atoms with Crippen molar-refractivity contribution in [1.82, 2.24) is 5.32 Å². The van der Waals surface area contributed by atoms with E-state index in [0.717, 1.165) is 43.0 Å². The highest BCUT2D eigenvalue weighted by atomic mass is 35.5. The maximum Gasteiger partial charge on any atom is 0.0871 e. The second kappa shape index (κ2) is 8.66. The van der Waals surface area contributed by atoms with E-state index in [9.17, 15) is 0 Å². The minimum Gasteiger partial charge on any atom is -0.373 e. The molecule has 0 aromatic heterocycles. The van der Waals surface area contributed by atoms with Crippen LogP contribution in [0.2, 0.25) is 5.02 Å². The number of ether oxygens (including phenoxy) is 1. The van der Waals surface area contributed by atoms with Gasteiger partial charge in [-0.25, -0.2) is 0 Å². The van der Waals surface area contributed by atoms with Gasteiger partial charge in [-0.15, -0.1) is 0 Å². The first-order chi connectivity index (χ1) is 9.65. The van der Waals surface area contributed by atoms with E-state index in [2.05, 4.69) is 39.1 Å². The lowest BCUT2D eigenvalue weighted by molar-refractivity contribution is -0.0732. The first-order valence-corrected chi connectivity index (χ1v) is 8.14. The van der Waals surface area contributed by atoms with Gasteiger partial charge in [0.1, 0.15) is 0 Å². The first kappa shape index (κ1) is 17.5. The highest BCUT2D eigenvalue weighted by Crippen LogP contribution is 2.38. The van der Waals surface area contributed by atoms with Gasteiger partial charge >= 0.3 is 0 Å². The summed E-state index contributed by atoms with van der Waals surface area (Å²) in [7, 11) is 0. The molecule has 0 aliphatic carbocycles. The van der Waals surface area contributed by atoms with Gasteiger partial charge in [0.15, 0.2) is 0 Å². The van der Waals surface area contributed by atoms with Crippen LogP contribution in [0.4, 0.5) is 0 Å². The summed E-state index contributed by atoms with van der Waals surface area (Å²) in [5.41, 5.74) is 0.939. The lowest BCUT2D eigenvalue weighted by Gasteiger charge is -2.40. The van der Waals surface area contributed by atoms with Crippen molar-refractivity contribution in [2.45, 2.75) is 58.6 Å². The summed E-state index contributed by atoms with van der Waals surface area (Å²) in [5.74, 6) is 0. The average Bonchev–Trinajstić information content (AvgIpc) is 2.48. The van der Waals surface area contributed by atoms with Crippen LogP contribution in [-0.2, 0) is 4.74 Å². The van der Waals surface area contributed by atoms with Crippen molar-refractivity contribution in [2.24, 2.45) is 0 Å². The molecule has 0 fully saturated rings. The molecule has 0 saturated carbocycles. The van der Waals surface area contributed by atoms with Crippen LogP contribution in [0.25, 0.3) is 0 Å². The van der Waals surface area contributed by atoms with Crippen LogP contribution in [0.15, 0.2) is 24.3 Å². The molecule has 1 N–H and O–H groups in total. The van der Waals surface area contributed by atoms with E-state index >= 15 is 0 Å². The van der Waals surface area contributed by atoms with E-state index in [4.69, 9.17) is 16.3 Å². The topological polar surface area (TPSA) is 21.3 Å². The Morgan fingerprint density at radius 2 is 1.80 bits per heavy atom. The summed E-state index contributed by atoms with van der Waals surface area (Å²) in [6, 6.07) is 8.22.